The average Bonchev–Trinajstić information content (AvgIpc) is 2.64. The Morgan fingerprint density at radius 1 is 1.13 bits per heavy atom. The Kier molecular flexibility index (Phi) is 7.66. The Hall–Kier alpha value is -2.81. The third-order valence-electron chi connectivity index (χ3n) is 3.64. The second-order valence-corrected chi connectivity index (χ2v) is 8.05. The van der Waals surface area contributed by atoms with E-state index < -0.39 is 23.4 Å². The number of rotatable bonds is 6. The van der Waals surface area contributed by atoms with Gasteiger partial charge in [0.25, 0.3) is 5.91 Å². The van der Waals surface area contributed by atoms with E-state index in [-0.39, 0.29) is 11.4 Å². The van der Waals surface area contributed by atoms with Crippen molar-refractivity contribution in [2.24, 2.45) is 0 Å². The zero-order valence-electron chi connectivity index (χ0n) is 17.4. The number of hydrogen-bond acceptors (Lipinski definition) is 5. The average molecular weight is 483 g/mol. The maximum Gasteiger partial charge on any atom is 0.412 e. The van der Waals surface area contributed by atoms with E-state index in [0.29, 0.717) is 28.1 Å². The van der Waals surface area contributed by atoms with E-state index >= 15 is 0 Å². The van der Waals surface area contributed by atoms with Crippen LogP contribution >= 0.6 is 15.9 Å². The smallest absolute Gasteiger partial charge is 0.412 e. The largest absolute Gasteiger partial charge is 0.493 e. The summed E-state index contributed by atoms with van der Waals surface area (Å²) in [6.45, 7) is 7.36. The first-order valence-electron chi connectivity index (χ1n) is 9.15. The van der Waals surface area contributed by atoms with E-state index in [9.17, 15) is 14.0 Å². The molecule has 0 bridgehead atoms. The van der Waals surface area contributed by atoms with Crippen LogP contribution in [-0.2, 0) is 4.74 Å². The molecule has 0 aromatic heterocycles. The fraction of sp³-hybridized carbons (Fsp3) is 0.333. The Balaban J connectivity index is 2.21. The maximum absolute atomic E-state index is 14.1. The van der Waals surface area contributed by atoms with E-state index in [1.165, 1.54) is 25.3 Å². The van der Waals surface area contributed by atoms with Crippen molar-refractivity contribution >= 4 is 39.3 Å². The highest BCUT2D eigenvalue weighted by Gasteiger charge is 2.19. The molecule has 2 aromatic carbocycles. The SMILES string of the molecule is CCOc1c(Br)cc(C(=O)Nc2ccc(F)c(NC(=O)OC(C)(C)C)c2)cc1OC. The molecule has 2 rings (SSSR count). The second-order valence-electron chi connectivity index (χ2n) is 7.20. The first-order valence-corrected chi connectivity index (χ1v) is 9.94. The number of carbonyl (C=O) groups is 2. The van der Waals surface area contributed by atoms with Crippen LogP contribution in [0.4, 0.5) is 20.6 Å². The molecule has 0 heterocycles. The molecule has 2 amide bonds. The third-order valence-corrected chi connectivity index (χ3v) is 4.23. The number of halogens is 2. The molecule has 0 aliphatic carbocycles. The van der Waals surface area contributed by atoms with Crippen molar-refractivity contribution < 1.29 is 28.2 Å². The zero-order chi connectivity index (χ0) is 22.5. The van der Waals surface area contributed by atoms with Gasteiger partial charge in [-0.15, -0.1) is 0 Å². The highest BCUT2D eigenvalue weighted by molar-refractivity contribution is 9.10. The van der Waals surface area contributed by atoms with Crippen molar-refractivity contribution in [3.05, 3.63) is 46.2 Å². The summed E-state index contributed by atoms with van der Waals surface area (Å²) < 4.78 is 30.6. The molecule has 0 unspecified atom stereocenters. The molecule has 162 valence electrons. The van der Waals surface area contributed by atoms with Gasteiger partial charge in [0.15, 0.2) is 11.5 Å². The summed E-state index contributed by atoms with van der Waals surface area (Å²) in [5.41, 5.74) is -0.260. The quantitative estimate of drug-likeness (QED) is 0.559. The molecule has 0 atom stereocenters. The first-order chi connectivity index (χ1) is 14.0. The lowest BCUT2D eigenvalue weighted by molar-refractivity contribution is 0.0635. The van der Waals surface area contributed by atoms with Crippen molar-refractivity contribution in [1.29, 1.82) is 0 Å². The predicted molar refractivity (Wildman–Crippen MR) is 116 cm³/mol. The normalized spacial score (nSPS) is 10.9. The van der Waals surface area contributed by atoms with E-state index in [1.54, 1.807) is 26.8 Å². The van der Waals surface area contributed by atoms with Gasteiger partial charge in [-0.05, 0) is 74.0 Å². The van der Waals surface area contributed by atoms with Gasteiger partial charge in [0.05, 0.1) is 23.9 Å². The van der Waals surface area contributed by atoms with Gasteiger partial charge in [0.1, 0.15) is 11.4 Å². The number of hydrogen-bond donors (Lipinski definition) is 2. The lowest BCUT2D eigenvalue weighted by atomic mass is 10.1. The first kappa shape index (κ1) is 23.5. The molecule has 0 saturated carbocycles. The standard InChI is InChI=1S/C21H24BrFN2O5/c1-6-29-18-14(22)9-12(10-17(18)28-5)19(26)24-13-7-8-15(23)16(11-13)25-20(27)30-21(2,3)4/h7-11H,6H2,1-5H3,(H,24,26)(H,25,27). The minimum Gasteiger partial charge on any atom is -0.493 e. The molecule has 2 aromatic rings. The van der Waals surface area contributed by atoms with Crippen molar-refractivity contribution in [1.82, 2.24) is 0 Å². The molecule has 0 radical (unpaired) electrons. The monoisotopic (exact) mass is 482 g/mol. The predicted octanol–water partition coefficient (Wildman–Crippen LogP) is 5.59. The second kappa shape index (κ2) is 9.80. The van der Waals surface area contributed by atoms with Crippen molar-refractivity contribution in [2.45, 2.75) is 33.3 Å². The number of ether oxygens (including phenoxy) is 3. The van der Waals surface area contributed by atoms with Crippen LogP contribution in [0.5, 0.6) is 11.5 Å². The molecule has 9 heteroatoms. The highest BCUT2D eigenvalue weighted by Crippen LogP contribution is 2.37. The van der Waals surface area contributed by atoms with Gasteiger partial charge in [0.2, 0.25) is 0 Å². The van der Waals surface area contributed by atoms with Crippen LogP contribution in [0.25, 0.3) is 0 Å². The van der Waals surface area contributed by atoms with Crippen LogP contribution in [0.2, 0.25) is 0 Å². The molecule has 0 aliphatic heterocycles. The van der Waals surface area contributed by atoms with Crippen molar-refractivity contribution in [3.63, 3.8) is 0 Å². The molecular formula is C21H24BrFN2O5. The van der Waals surface area contributed by atoms with E-state index in [4.69, 9.17) is 14.2 Å². The number of nitrogens with one attached hydrogen (secondary N) is 2. The van der Waals surface area contributed by atoms with Crippen LogP contribution in [-0.4, -0.2) is 31.3 Å². The summed E-state index contributed by atoms with van der Waals surface area (Å²) in [6.07, 6.45) is -0.801. The van der Waals surface area contributed by atoms with E-state index in [1.807, 2.05) is 6.92 Å². The van der Waals surface area contributed by atoms with Gasteiger partial charge in [-0.2, -0.15) is 0 Å². The summed E-state index contributed by atoms with van der Waals surface area (Å²) >= 11 is 3.37. The van der Waals surface area contributed by atoms with Crippen LogP contribution in [0.15, 0.2) is 34.8 Å². The number of methoxy groups -OCH3 is 1. The van der Waals surface area contributed by atoms with Crippen molar-refractivity contribution in [3.8, 4) is 11.5 Å². The number of anilines is 2. The summed E-state index contributed by atoms with van der Waals surface area (Å²) in [5.74, 6) is -0.235. The summed E-state index contributed by atoms with van der Waals surface area (Å²) in [4.78, 5) is 24.6. The van der Waals surface area contributed by atoms with Gasteiger partial charge in [0, 0.05) is 11.3 Å². The van der Waals surface area contributed by atoms with Gasteiger partial charge >= 0.3 is 6.09 Å². The summed E-state index contributed by atoms with van der Waals surface area (Å²) in [6, 6.07) is 6.95. The van der Waals surface area contributed by atoms with E-state index in [2.05, 4.69) is 26.6 Å². The fourth-order valence-electron chi connectivity index (χ4n) is 2.45. The Morgan fingerprint density at radius 2 is 1.83 bits per heavy atom. The van der Waals surface area contributed by atoms with Crippen LogP contribution in [0.1, 0.15) is 38.1 Å². The fourth-order valence-corrected chi connectivity index (χ4v) is 3.01. The Morgan fingerprint density at radius 3 is 2.43 bits per heavy atom. The van der Waals surface area contributed by atoms with Crippen LogP contribution in [0, 0.1) is 5.82 Å². The van der Waals surface area contributed by atoms with Crippen LogP contribution < -0.4 is 20.1 Å². The number of carbonyl (C=O) groups excluding carboxylic acids is 2. The van der Waals surface area contributed by atoms with Crippen LogP contribution in [0.3, 0.4) is 0 Å². The topological polar surface area (TPSA) is 85.9 Å². The van der Waals surface area contributed by atoms with Gasteiger partial charge in [-0.25, -0.2) is 9.18 Å². The van der Waals surface area contributed by atoms with Gasteiger partial charge in [-0.3, -0.25) is 10.1 Å². The molecule has 0 spiro atoms. The molecule has 30 heavy (non-hydrogen) atoms. The zero-order valence-corrected chi connectivity index (χ0v) is 19.0. The molecular weight excluding hydrogens is 459 g/mol. The number of amides is 2. The van der Waals surface area contributed by atoms with Gasteiger partial charge in [-0.1, -0.05) is 0 Å². The van der Waals surface area contributed by atoms with Gasteiger partial charge < -0.3 is 19.5 Å². The minimum atomic E-state index is -0.801. The maximum atomic E-state index is 14.1. The number of benzene rings is 2. The summed E-state index contributed by atoms with van der Waals surface area (Å²) in [7, 11) is 1.47. The third kappa shape index (κ3) is 6.35. The molecule has 2 N–H and O–H groups in total. The van der Waals surface area contributed by atoms with Crippen molar-refractivity contribution in [2.75, 3.05) is 24.4 Å². The molecule has 0 saturated heterocycles. The molecule has 0 fully saturated rings. The highest BCUT2D eigenvalue weighted by atomic mass is 79.9. The summed E-state index contributed by atoms with van der Waals surface area (Å²) in [5, 5.41) is 5.00. The molecule has 0 aliphatic rings. The molecule has 7 nitrogen and oxygen atoms in total. The minimum absolute atomic E-state index is 0.118. The van der Waals surface area contributed by atoms with E-state index in [0.717, 1.165) is 6.07 Å². The Labute approximate surface area is 183 Å². The lowest BCUT2D eigenvalue weighted by Gasteiger charge is -2.20. The lowest BCUT2D eigenvalue weighted by Crippen LogP contribution is -2.27. The Bertz CT molecular complexity index is 944.